The average molecular weight is 339 g/mol. The summed E-state index contributed by atoms with van der Waals surface area (Å²) in [4.78, 5) is 23.3. The SMILES string of the molecule is CCOCC(=O)NNC(=S)NC(=O)c1ccc(OC(C)C)cc1. The fourth-order valence-corrected chi connectivity index (χ4v) is 1.66. The Morgan fingerprint density at radius 1 is 1.17 bits per heavy atom. The number of thiocarbonyl (C=S) groups is 1. The molecule has 23 heavy (non-hydrogen) atoms. The summed E-state index contributed by atoms with van der Waals surface area (Å²) in [5, 5.41) is 2.44. The largest absolute Gasteiger partial charge is 0.491 e. The van der Waals surface area contributed by atoms with Crippen LogP contribution in [0, 0.1) is 0 Å². The zero-order valence-electron chi connectivity index (χ0n) is 13.3. The summed E-state index contributed by atoms with van der Waals surface area (Å²) >= 11 is 4.92. The minimum atomic E-state index is -0.391. The number of hydrazine groups is 1. The number of nitrogens with one attached hydrogen (secondary N) is 3. The normalized spacial score (nSPS) is 10.1. The van der Waals surface area contributed by atoms with Crippen LogP contribution in [0.15, 0.2) is 24.3 Å². The van der Waals surface area contributed by atoms with Crippen molar-refractivity contribution in [2.45, 2.75) is 26.9 Å². The molecule has 0 aromatic heterocycles. The Balaban J connectivity index is 2.42. The molecule has 1 aromatic rings. The summed E-state index contributed by atoms with van der Waals surface area (Å²) in [5.74, 6) is -0.100. The van der Waals surface area contributed by atoms with Crippen LogP contribution in [-0.2, 0) is 9.53 Å². The second-order valence-corrected chi connectivity index (χ2v) is 5.19. The van der Waals surface area contributed by atoms with E-state index in [1.165, 1.54) is 0 Å². The first-order valence-electron chi connectivity index (χ1n) is 7.17. The number of benzene rings is 1. The van der Waals surface area contributed by atoms with Gasteiger partial charge in [-0.2, -0.15) is 0 Å². The Morgan fingerprint density at radius 2 is 1.83 bits per heavy atom. The van der Waals surface area contributed by atoms with Crippen molar-refractivity contribution >= 4 is 29.1 Å². The molecule has 0 radical (unpaired) electrons. The predicted molar refractivity (Wildman–Crippen MR) is 90.0 cm³/mol. The lowest BCUT2D eigenvalue weighted by molar-refractivity contribution is -0.126. The highest BCUT2D eigenvalue weighted by atomic mass is 32.1. The predicted octanol–water partition coefficient (Wildman–Crippen LogP) is 1.15. The van der Waals surface area contributed by atoms with Gasteiger partial charge in [0.15, 0.2) is 5.11 Å². The third-order valence-electron chi connectivity index (χ3n) is 2.47. The first-order valence-corrected chi connectivity index (χ1v) is 7.57. The van der Waals surface area contributed by atoms with E-state index in [9.17, 15) is 9.59 Å². The smallest absolute Gasteiger partial charge is 0.264 e. The van der Waals surface area contributed by atoms with Gasteiger partial charge < -0.3 is 9.47 Å². The molecule has 0 saturated carbocycles. The second kappa shape index (κ2) is 9.75. The maximum atomic E-state index is 12.0. The molecule has 0 aliphatic heterocycles. The van der Waals surface area contributed by atoms with Crippen molar-refractivity contribution < 1.29 is 19.1 Å². The number of carbonyl (C=O) groups is 2. The quantitative estimate of drug-likeness (QED) is 0.532. The maximum absolute atomic E-state index is 12.0. The van der Waals surface area contributed by atoms with E-state index in [1.807, 2.05) is 13.8 Å². The number of rotatable bonds is 6. The van der Waals surface area contributed by atoms with Crippen LogP contribution in [0.3, 0.4) is 0 Å². The van der Waals surface area contributed by atoms with Crippen molar-refractivity contribution in [3.05, 3.63) is 29.8 Å². The summed E-state index contributed by atoms with van der Waals surface area (Å²) in [5.41, 5.74) is 5.16. The highest BCUT2D eigenvalue weighted by Gasteiger charge is 2.09. The summed E-state index contributed by atoms with van der Waals surface area (Å²) < 4.78 is 10.4. The van der Waals surface area contributed by atoms with Gasteiger partial charge in [-0.3, -0.25) is 25.8 Å². The third-order valence-corrected chi connectivity index (χ3v) is 2.67. The summed E-state index contributed by atoms with van der Waals surface area (Å²) in [6.45, 7) is 5.97. The van der Waals surface area contributed by atoms with Crippen molar-refractivity contribution in [2.75, 3.05) is 13.2 Å². The first kappa shape index (κ1) is 18.9. The van der Waals surface area contributed by atoms with Crippen molar-refractivity contribution in [1.29, 1.82) is 0 Å². The number of ether oxygens (including phenoxy) is 2. The van der Waals surface area contributed by atoms with E-state index in [0.717, 1.165) is 0 Å². The van der Waals surface area contributed by atoms with Gasteiger partial charge in [0.1, 0.15) is 12.4 Å². The maximum Gasteiger partial charge on any atom is 0.264 e. The molecule has 8 heteroatoms. The molecule has 126 valence electrons. The molecule has 0 saturated heterocycles. The van der Waals surface area contributed by atoms with E-state index in [2.05, 4.69) is 16.2 Å². The van der Waals surface area contributed by atoms with E-state index in [0.29, 0.717) is 17.9 Å². The zero-order valence-corrected chi connectivity index (χ0v) is 14.2. The van der Waals surface area contributed by atoms with E-state index in [4.69, 9.17) is 21.7 Å². The van der Waals surface area contributed by atoms with Gasteiger partial charge in [0.2, 0.25) is 0 Å². The molecule has 0 unspecified atom stereocenters. The molecule has 0 aliphatic carbocycles. The third kappa shape index (κ3) is 7.57. The minimum absolute atomic E-state index is 0.0117. The van der Waals surface area contributed by atoms with Crippen molar-refractivity contribution in [3.8, 4) is 5.75 Å². The van der Waals surface area contributed by atoms with Crippen LogP contribution in [0.25, 0.3) is 0 Å². The van der Waals surface area contributed by atoms with E-state index >= 15 is 0 Å². The first-order chi connectivity index (χ1) is 10.9. The molecule has 0 spiro atoms. The van der Waals surface area contributed by atoms with E-state index in [1.54, 1.807) is 31.2 Å². The van der Waals surface area contributed by atoms with Gasteiger partial charge >= 0.3 is 0 Å². The summed E-state index contributed by atoms with van der Waals surface area (Å²) in [6, 6.07) is 6.66. The molecule has 1 aromatic carbocycles. The lowest BCUT2D eigenvalue weighted by Gasteiger charge is -2.12. The standard InChI is InChI=1S/C15H21N3O4S/c1-4-21-9-13(19)17-18-15(23)16-14(20)11-5-7-12(8-6-11)22-10(2)3/h5-8,10H,4,9H2,1-3H3,(H,17,19)(H2,16,18,20,23). The fraction of sp³-hybridized carbons (Fsp3) is 0.400. The van der Waals surface area contributed by atoms with Gasteiger partial charge in [-0.25, -0.2) is 0 Å². The van der Waals surface area contributed by atoms with E-state index < -0.39 is 11.8 Å². The number of carbonyl (C=O) groups excluding carboxylic acids is 2. The summed E-state index contributed by atoms with van der Waals surface area (Å²) in [7, 11) is 0. The molecule has 3 N–H and O–H groups in total. The number of hydrogen-bond acceptors (Lipinski definition) is 5. The van der Waals surface area contributed by atoms with Crippen LogP contribution < -0.4 is 20.9 Å². The number of hydrogen-bond donors (Lipinski definition) is 3. The molecule has 0 aliphatic rings. The van der Waals surface area contributed by atoms with Crippen LogP contribution in [0.2, 0.25) is 0 Å². The summed E-state index contributed by atoms with van der Waals surface area (Å²) in [6.07, 6.45) is 0.0618. The van der Waals surface area contributed by atoms with Gasteiger partial charge in [-0.15, -0.1) is 0 Å². The lowest BCUT2D eigenvalue weighted by Crippen LogP contribution is -2.49. The Kier molecular flexibility index (Phi) is 8.00. The molecule has 7 nitrogen and oxygen atoms in total. The van der Waals surface area contributed by atoms with Gasteiger partial charge in [-0.05, 0) is 57.3 Å². The van der Waals surface area contributed by atoms with Crippen LogP contribution in [0.4, 0.5) is 0 Å². The van der Waals surface area contributed by atoms with Gasteiger partial charge in [0, 0.05) is 12.2 Å². The molecule has 2 amide bonds. The molecule has 0 atom stereocenters. The average Bonchev–Trinajstić information content (AvgIpc) is 2.51. The van der Waals surface area contributed by atoms with E-state index in [-0.39, 0.29) is 17.8 Å². The van der Waals surface area contributed by atoms with Crippen LogP contribution in [0.1, 0.15) is 31.1 Å². The monoisotopic (exact) mass is 339 g/mol. The highest BCUT2D eigenvalue weighted by Crippen LogP contribution is 2.13. The molecule has 0 heterocycles. The minimum Gasteiger partial charge on any atom is -0.491 e. The molecular formula is C15H21N3O4S. The van der Waals surface area contributed by atoms with Gasteiger partial charge in [0.25, 0.3) is 11.8 Å². The van der Waals surface area contributed by atoms with Crippen molar-refractivity contribution in [2.24, 2.45) is 0 Å². The van der Waals surface area contributed by atoms with Crippen LogP contribution >= 0.6 is 12.2 Å². The van der Waals surface area contributed by atoms with Crippen LogP contribution in [-0.4, -0.2) is 36.2 Å². The molecule has 0 bridgehead atoms. The number of amides is 2. The lowest BCUT2D eigenvalue weighted by atomic mass is 10.2. The zero-order chi connectivity index (χ0) is 17.2. The van der Waals surface area contributed by atoms with Gasteiger partial charge in [-0.1, -0.05) is 0 Å². The Labute approximate surface area is 140 Å². The molecular weight excluding hydrogens is 318 g/mol. The Morgan fingerprint density at radius 3 is 2.39 bits per heavy atom. The van der Waals surface area contributed by atoms with Crippen molar-refractivity contribution in [3.63, 3.8) is 0 Å². The topological polar surface area (TPSA) is 88.7 Å². The Bertz CT molecular complexity index is 546. The fourth-order valence-electron chi connectivity index (χ4n) is 1.52. The second-order valence-electron chi connectivity index (χ2n) is 4.78. The highest BCUT2D eigenvalue weighted by molar-refractivity contribution is 7.80. The van der Waals surface area contributed by atoms with Gasteiger partial charge in [0.05, 0.1) is 6.10 Å². The molecule has 0 fully saturated rings. The van der Waals surface area contributed by atoms with Crippen LogP contribution in [0.5, 0.6) is 5.75 Å². The Hall–Kier alpha value is -2.19. The molecule has 1 rings (SSSR count). The van der Waals surface area contributed by atoms with Crippen molar-refractivity contribution in [1.82, 2.24) is 16.2 Å².